The van der Waals surface area contributed by atoms with Gasteiger partial charge in [0.25, 0.3) is 0 Å². The normalized spacial score (nSPS) is 26.9. The topological polar surface area (TPSA) is 69.6 Å². The predicted molar refractivity (Wildman–Crippen MR) is 69.5 cm³/mol. The summed E-state index contributed by atoms with van der Waals surface area (Å²) in [5.41, 5.74) is -0.818. The van der Waals surface area contributed by atoms with Crippen molar-refractivity contribution in [3.63, 3.8) is 0 Å². The molecular formula is C13H24N2O3. The van der Waals surface area contributed by atoms with Gasteiger partial charge in [-0.25, -0.2) is 4.79 Å². The first kappa shape index (κ1) is 14.8. The van der Waals surface area contributed by atoms with Gasteiger partial charge in [0.15, 0.2) is 0 Å². The Morgan fingerprint density at radius 1 is 1.44 bits per heavy atom. The zero-order chi connectivity index (χ0) is 13.8. The number of nitrogens with one attached hydrogen (secondary N) is 1. The van der Waals surface area contributed by atoms with Crippen LogP contribution >= 0.6 is 0 Å². The standard InChI is InChI=1S/C13H24N2O3/c1-4-9-15(5-2)12(18)14-10-7-6-8-13(10,3)11(16)17/h10H,4-9H2,1-3H3,(H,14,18)(H,16,17). The van der Waals surface area contributed by atoms with Crippen molar-refractivity contribution in [1.29, 1.82) is 0 Å². The van der Waals surface area contributed by atoms with Gasteiger partial charge in [0.1, 0.15) is 0 Å². The Labute approximate surface area is 109 Å². The molecule has 2 unspecified atom stereocenters. The van der Waals surface area contributed by atoms with Crippen LogP contribution in [0.3, 0.4) is 0 Å². The zero-order valence-corrected chi connectivity index (χ0v) is 11.5. The minimum atomic E-state index is -0.818. The molecular weight excluding hydrogens is 232 g/mol. The zero-order valence-electron chi connectivity index (χ0n) is 11.5. The molecule has 5 nitrogen and oxygen atoms in total. The number of carboxylic acids is 1. The molecule has 0 radical (unpaired) electrons. The lowest BCUT2D eigenvalue weighted by Gasteiger charge is -2.30. The number of aliphatic carboxylic acids is 1. The van der Waals surface area contributed by atoms with E-state index >= 15 is 0 Å². The van der Waals surface area contributed by atoms with Crippen LogP contribution < -0.4 is 5.32 Å². The Kier molecular flexibility index (Phi) is 4.99. The van der Waals surface area contributed by atoms with Crippen LogP contribution in [0.1, 0.15) is 46.5 Å². The number of rotatable bonds is 5. The lowest BCUT2D eigenvalue weighted by molar-refractivity contribution is -0.148. The number of carbonyl (C=O) groups excluding carboxylic acids is 1. The molecule has 5 heteroatoms. The summed E-state index contributed by atoms with van der Waals surface area (Å²) in [6.45, 7) is 7.03. The van der Waals surface area contributed by atoms with Gasteiger partial charge in [-0.15, -0.1) is 0 Å². The highest BCUT2D eigenvalue weighted by molar-refractivity contribution is 5.79. The van der Waals surface area contributed by atoms with E-state index in [0.29, 0.717) is 19.5 Å². The van der Waals surface area contributed by atoms with E-state index in [2.05, 4.69) is 5.32 Å². The molecule has 1 aliphatic rings. The second-order valence-corrected chi connectivity index (χ2v) is 5.20. The van der Waals surface area contributed by atoms with Crippen LogP contribution in [0.15, 0.2) is 0 Å². The molecule has 0 spiro atoms. The van der Waals surface area contributed by atoms with Crippen LogP contribution in [0, 0.1) is 5.41 Å². The molecule has 0 aromatic carbocycles. The highest BCUT2D eigenvalue weighted by Gasteiger charge is 2.46. The van der Waals surface area contributed by atoms with E-state index < -0.39 is 11.4 Å². The highest BCUT2D eigenvalue weighted by Crippen LogP contribution is 2.38. The van der Waals surface area contributed by atoms with Crippen molar-refractivity contribution in [2.75, 3.05) is 13.1 Å². The number of hydrogen-bond acceptors (Lipinski definition) is 2. The van der Waals surface area contributed by atoms with E-state index in [4.69, 9.17) is 0 Å². The maximum Gasteiger partial charge on any atom is 0.317 e. The first-order chi connectivity index (χ1) is 8.45. The van der Waals surface area contributed by atoms with E-state index in [1.54, 1.807) is 11.8 Å². The minimum Gasteiger partial charge on any atom is -0.481 e. The number of hydrogen-bond donors (Lipinski definition) is 2. The average Bonchev–Trinajstić information content (AvgIpc) is 2.69. The maximum absolute atomic E-state index is 12.1. The number of nitrogens with zero attached hydrogens (tertiary/aromatic N) is 1. The van der Waals surface area contributed by atoms with Crippen LogP contribution in [-0.4, -0.2) is 41.1 Å². The Hall–Kier alpha value is -1.26. The van der Waals surface area contributed by atoms with Crippen molar-refractivity contribution in [3.05, 3.63) is 0 Å². The molecule has 0 heterocycles. The molecule has 0 aromatic heterocycles. The second kappa shape index (κ2) is 6.07. The Bertz CT molecular complexity index is 319. The fourth-order valence-corrected chi connectivity index (χ4v) is 2.57. The first-order valence-electron chi connectivity index (χ1n) is 6.74. The number of carboxylic acid groups (broad SMARTS) is 1. The van der Waals surface area contributed by atoms with Crippen LogP contribution in [0.5, 0.6) is 0 Å². The number of amides is 2. The summed E-state index contributed by atoms with van der Waals surface area (Å²) >= 11 is 0. The SMILES string of the molecule is CCCN(CC)C(=O)NC1CCCC1(C)C(=O)O. The van der Waals surface area contributed by atoms with E-state index in [1.165, 1.54) is 0 Å². The summed E-state index contributed by atoms with van der Waals surface area (Å²) in [6.07, 6.45) is 3.14. The van der Waals surface area contributed by atoms with Gasteiger partial charge in [0, 0.05) is 19.1 Å². The molecule has 0 aromatic rings. The van der Waals surface area contributed by atoms with E-state index in [-0.39, 0.29) is 12.1 Å². The fraction of sp³-hybridized carbons (Fsp3) is 0.846. The van der Waals surface area contributed by atoms with Crippen molar-refractivity contribution in [1.82, 2.24) is 10.2 Å². The van der Waals surface area contributed by atoms with Crippen molar-refractivity contribution >= 4 is 12.0 Å². The first-order valence-corrected chi connectivity index (χ1v) is 6.74. The van der Waals surface area contributed by atoms with Crippen molar-refractivity contribution in [2.24, 2.45) is 5.41 Å². The Morgan fingerprint density at radius 3 is 2.61 bits per heavy atom. The monoisotopic (exact) mass is 256 g/mol. The summed E-state index contributed by atoms with van der Waals surface area (Å²) in [5, 5.41) is 12.2. The van der Waals surface area contributed by atoms with Gasteiger partial charge in [-0.3, -0.25) is 4.79 Å². The highest BCUT2D eigenvalue weighted by atomic mass is 16.4. The van der Waals surface area contributed by atoms with Crippen molar-refractivity contribution < 1.29 is 14.7 Å². The summed E-state index contributed by atoms with van der Waals surface area (Å²) in [4.78, 5) is 25.1. The fourth-order valence-electron chi connectivity index (χ4n) is 2.57. The number of carbonyl (C=O) groups is 2. The van der Waals surface area contributed by atoms with Crippen LogP contribution in [0.2, 0.25) is 0 Å². The lowest BCUT2D eigenvalue weighted by Crippen LogP contribution is -2.51. The third kappa shape index (κ3) is 2.94. The molecule has 2 atom stereocenters. The third-order valence-corrected chi connectivity index (χ3v) is 3.91. The molecule has 0 bridgehead atoms. The van der Waals surface area contributed by atoms with Gasteiger partial charge in [-0.05, 0) is 33.1 Å². The average molecular weight is 256 g/mol. The van der Waals surface area contributed by atoms with Gasteiger partial charge in [-0.2, -0.15) is 0 Å². The van der Waals surface area contributed by atoms with Gasteiger partial charge in [0.2, 0.25) is 0 Å². The second-order valence-electron chi connectivity index (χ2n) is 5.20. The molecule has 104 valence electrons. The molecule has 1 aliphatic carbocycles. The maximum atomic E-state index is 12.1. The lowest BCUT2D eigenvalue weighted by atomic mass is 9.85. The van der Waals surface area contributed by atoms with Crippen molar-refractivity contribution in [3.8, 4) is 0 Å². The van der Waals surface area contributed by atoms with E-state index in [1.807, 2.05) is 13.8 Å². The third-order valence-electron chi connectivity index (χ3n) is 3.91. The van der Waals surface area contributed by atoms with Crippen molar-refractivity contribution in [2.45, 2.75) is 52.5 Å². The summed E-state index contributed by atoms with van der Waals surface area (Å²) in [7, 11) is 0. The summed E-state index contributed by atoms with van der Waals surface area (Å²) < 4.78 is 0. The Morgan fingerprint density at radius 2 is 2.11 bits per heavy atom. The molecule has 0 saturated heterocycles. The van der Waals surface area contributed by atoms with Gasteiger partial charge in [-0.1, -0.05) is 13.3 Å². The largest absolute Gasteiger partial charge is 0.481 e. The molecule has 2 N–H and O–H groups in total. The van der Waals surface area contributed by atoms with E-state index in [9.17, 15) is 14.7 Å². The molecule has 18 heavy (non-hydrogen) atoms. The molecule has 2 amide bonds. The van der Waals surface area contributed by atoms with Crippen LogP contribution in [0.25, 0.3) is 0 Å². The van der Waals surface area contributed by atoms with E-state index in [0.717, 1.165) is 19.3 Å². The van der Waals surface area contributed by atoms with Crippen LogP contribution in [-0.2, 0) is 4.79 Å². The van der Waals surface area contributed by atoms with Crippen LogP contribution in [0.4, 0.5) is 4.79 Å². The summed E-state index contributed by atoms with van der Waals surface area (Å²) in [5.74, 6) is -0.816. The minimum absolute atomic E-state index is 0.140. The molecule has 0 aliphatic heterocycles. The van der Waals surface area contributed by atoms with Gasteiger partial charge >= 0.3 is 12.0 Å². The molecule has 1 saturated carbocycles. The number of urea groups is 1. The predicted octanol–water partition coefficient (Wildman–Crippen LogP) is 2.07. The molecule has 1 rings (SSSR count). The summed E-state index contributed by atoms with van der Waals surface area (Å²) in [6, 6.07) is -0.396. The quantitative estimate of drug-likeness (QED) is 0.791. The van der Waals surface area contributed by atoms with Gasteiger partial charge < -0.3 is 15.3 Å². The Balaban J connectivity index is 2.66. The molecule has 1 fully saturated rings. The van der Waals surface area contributed by atoms with Gasteiger partial charge in [0.05, 0.1) is 5.41 Å². The smallest absolute Gasteiger partial charge is 0.317 e.